The molecule has 208 valence electrons. The van der Waals surface area contributed by atoms with Crippen LogP contribution in [0.3, 0.4) is 0 Å². The number of thiophene rings is 1. The van der Waals surface area contributed by atoms with E-state index in [0.717, 1.165) is 36.6 Å². The van der Waals surface area contributed by atoms with Crippen LogP contribution >= 0.6 is 11.3 Å². The number of methoxy groups -OCH3 is 1. The third-order valence-electron chi connectivity index (χ3n) is 5.31. The monoisotopic (exact) mass is 594 g/mol. The van der Waals surface area contributed by atoms with Crippen molar-refractivity contribution in [2.75, 3.05) is 7.11 Å². The van der Waals surface area contributed by atoms with Crippen LogP contribution in [0.1, 0.15) is 33.8 Å². The Hall–Kier alpha value is -3.79. The van der Waals surface area contributed by atoms with Crippen LogP contribution < -0.4 is 8.92 Å². The van der Waals surface area contributed by atoms with Crippen LogP contribution in [0, 0.1) is 0 Å². The molecule has 0 saturated carbocycles. The predicted octanol–water partition coefficient (Wildman–Crippen LogP) is 6.26. The largest absolute Gasteiger partial charge is 0.534 e. The summed E-state index contributed by atoms with van der Waals surface area (Å²) in [6, 6.07) is 9.26. The van der Waals surface area contributed by atoms with Crippen LogP contribution in [0.2, 0.25) is 0 Å². The van der Waals surface area contributed by atoms with Crippen molar-refractivity contribution in [2.45, 2.75) is 24.7 Å². The predicted molar refractivity (Wildman–Crippen MR) is 126 cm³/mol. The van der Waals surface area contributed by atoms with Crippen molar-refractivity contribution >= 4 is 38.5 Å². The lowest BCUT2D eigenvalue weighted by Crippen LogP contribution is -2.28. The van der Waals surface area contributed by atoms with Gasteiger partial charge in [-0.2, -0.15) is 34.8 Å². The molecule has 39 heavy (non-hydrogen) atoms. The SMILES string of the molecule is COC(=O)c1sc(-n2cnc3ccc(OS(=O)(=O)C(F)(F)F)cc32)cc1O[C@H](C)c1ccccc1C(F)(F)F. The summed E-state index contributed by atoms with van der Waals surface area (Å²) in [5.41, 5.74) is -6.43. The summed E-state index contributed by atoms with van der Waals surface area (Å²) in [6.07, 6.45) is -4.58. The van der Waals surface area contributed by atoms with Crippen LogP contribution in [0.25, 0.3) is 16.0 Å². The highest BCUT2D eigenvalue weighted by molar-refractivity contribution is 7.88. The smallest absolute Gasteiger partial charge is 0.484 e. The lowest BCUT2D eigenvalue weighted by molar-refractivity contribution is -0.139. The van der Waals surface area contributed by atoms with Crippen molar-refractivity contribution in [3.05, 3.63) is 70.9 Å². The number of hydrogen-bond donors (Lipinski definition) is 0. The fourth-order valence-electron chi connectivity index (χ4n) is 3.56. The first kappa shape index (κ1) is 28.2. The van der Waals surface area contributed by atoms with Gasteiger partial charge in [-0.3, -0.25) is 4.57 Å². The van der Waals surface area contributed by atoms with Gasteiger partial charge in [0, 0.05) is 17.7 Å². The number of rotatable bonds is 7. The number of benzene rings is 2. The first-order valence-corrected chi connectivity index (χ1v) is 12.9. The van der Waals surface area contributed by atoms with E-state index in [9.17, 15) is 39.6 Å². The third-order valence-corrected chi connectivity index (χ3v) is 7.38. The number of imidazole rings is 1. The van der Waals surface area contributed by atoms with Crippen molar-refractivity contribution in [3.8, 4) is 16.5 Å². The molecule has 0 saturated heterocycles. The molecular formula is C23H16F6N2O6S2. The molecule has 8 nitrogen and oxygen atoms in total. The Kier molecular flexibility index (Phi) is 7.29. The van der Waals surface area contributed by atoms with Crippen molar-refractivity contribution < 1.29 is 53.2 Å². The van der Waals surface area contributed by atoms with E-state index >= 15 is 0 Å². The minimum Gasteiger partial charge on any atom is -0.484 e. The second-order valence-corrected chi connectivity index (χ2v) is 10.4. The van der Waals surface area contributed by atoms with Gasteiger partial charge in [-0.15, -0.1) is 11.3 Å². The molecule has 2 aromatic carbocycles. The molecule has 2 heterocycles. The molecule has 0 unspecified atom stereocenters. The van der Waals surface area contributed by atoms with Gasteiger partial charge in [-0.05, 0) is 25.1 Å². The molecule has 2 aromatic heterocycles. The first-order chi connectivity index (χ1) is 18.1. The van der Waals surface area contributed by atoms with E-state index in [1.807, 2.05) is 0 Å². The lowest BCUT2D eigenvalue weighted by Gasteiger charge is -2.19. The minimum absolute atomic E-state index is 0.101. The van der Waals surface area contributed by atoms with E-state index in [-0.39, 0.29) is 32.2 Å². The molecule has 16 heteroatoms. The highest BCUT2D eigenvalue weighted by atomic mass is 32.2. The average molecular weight is 595 g/mol. The number of fused-ring (bicyclic) bond motifs is 1. The van der Waals surface area contributed by atoms with Crippen LogP contribution in [0.15, 0.2) is 54.9 Å². The quantitative estimate of drug-likeness (QED) is 0.108. The maximum absolute atomic E-state index is 13.5. The molecule has 0 aliphatic heterocycles. The number of halogens is 6. The molecule has 0 fully saturated rings. The molecule has 0 aliphatic carbocycles. The molecule has 0 radical (unpaired) electrons. The van der Waals surface area contributed by atoms with Gasteiger partial charge in [0.25, 0.3) is 0 Å². The summed E-state index contributed by atoms with van der Waals surface area (Å²) in [6.45, 7) is 1.36. The van der Waals surface area contributed by atoms with Gasteiger partial charge >= 0.3 is 27.8 Å². The topological polar surface area (TPSA) is 96.7 Å². The van der Waals surface area contributed by atoms with Gasteiger partial charge in [0.15, 0.2) is 4.88 Å². The van der Waals surface area contributed by atoms with E-state index in [4.69, 9.17) is 9.47 Å². The third kappa shape index (κ3) is 5.66. The van der Waals surface area contributed by atoms with E-state index in [1.54, 1.807) is 0 Å². The Morgan fingerprint density at radius 3 is 2.38 bits per heavy atom. The zero-order valence-corrected chi connectivity index (χ0v) is 21.3. The molecule has 0 N–H and O–H groups in total. The van der Waals surface area contributed by atoms with Crippen LogP contribution in [-0.2, 0) is 21.0 Å². The normalized spacial score (nSPS) is 13.3. The number of alkyl halides is 6. The zero-order chi connectivity index (χ0) is 28.8. The average Bonchev–Trinajstić information content (AvgIpc) is 3.45. The number of esters is 1. The second kappa shape index (κ2) is 10.1. The van der Waals surface area contributed by atoms with Gasteiger partial charge in [0.05, 0.1) is 23.7 Å². The number of hydrogen-bond acceptors (Lipinski definition) is 8. The summed E-state index contributed by atoms with van der Waals surface area (Å²) in [5, 5.41) is 0.208. The molecule has 4 rings (SSSR count). The van der Waals surface area contributed by atoms with Crippen molar-refractivity contribution in [1.82, 2.24) is 9.55 Å². The summed E-state index contributed by atoms with van der Waals surface area (Å²) >= 11 is 0.797. The molecule has 0 amide bonds. The van der Waals surface area contributed by atoms with Gasteiger partial charge in [0.2, 0.25) is 0 Å². The second-order valence-electron chi connectivity index (χ2n) is 7.86. The maximum atomic E-state index is 13.5. The number of carbonyl (C=O) groups is 1. The van der Waals surface area contributed by atoms with Gasteiger partial charge in [-0.1, -0.05) is 18.2 Å². The molecule has 0 aliphatic rings. The Balaban J connectivity index is 1.74. The molecule has 1 atom stereocenters. The van der Waals surface area contributed by atoms with Crippen molar-refractivity contribution in [3.63, 3.8) is 0 Å². The van der Waals surface area contributed by atoms with Crippen LogP contribution in [0.4, 0.5) is 26.3 Å². The summed E-state index contributed by atoms with van der Waals surface area (Å²) in [4.78, 5) is 16.4. The van der Waals surface area contributed by atoms with Gasteiger partial charge < -0.3 is 13.7 Å². The number of aromatic nitrogens is 2. The van der Waals surface area contributed by atoms with E-state index < -0.39 is 45.2 Å². The minimum atomic E-state index is -5.94. The summed E-state index contributed by atoms with van der Waals surface area (Å²) < 4.78 is 118. The van der Waals surface area contributed by atoms with E-state index in [2.05, 4.69) is 9.17 Å². The lowest BCUT2D eigenvalue weighted by atomic mass is 10.0. The van der Waals surface area contributed by atoms with Gasteiger partial charge in [0.1, 0.15) is 28.9 Å². The molecular weight excluding hydrogens is 578 g/mol. The standard InChI is InChI=1S/C23H16F6N2O6S2/c1-12(14-5-3-4-6-15(14)22(24,25)26)36-18-10-19(38-20(18)21(32)35-2)31-11-30-16-8-7-13(9-17(16)31)37-39(33,34)23(27,28)29/h3-12H,1-2H3/t12-/m1/s1. The highest BCUT2D eigenvalue weighted by Gasteiger charge is 2.48. The Morgan fingerprint density at radius 1 is 1.05 bits per heavy atom. The first-order valence-electron chi connectivity index (χ1n) is 10.7. The number of carbonyl (C=O) groups excluding carboxylic acids is 1. The van der Waals surface area contributed by atoms with Gasteiger partial charge in [-0.25, -0.2) is 9.78 Å². The Labute approximate surface area is 220 Å². The van der Waals surface area contributed by atoms with Crippen molar-refractivity contribution in [1.29, 1.82) is 0 Å². The van der Waals surface area contributed by atoms with Crippen LogP contribution in [-0.4, -0.2) is 36.6 Å². The molecule has 4 aromatic rings. The summed E-state index contributed by atoms with van der Waals surface area (Å²) in [7, 11) is -4.85. The maximum Gasteiger partial charge on any atom is 0.534 e. The van der Waals surface area contributed by atoms with Crippen LogP contribution in [0.5, 0.6) is 11.5 Å². The molecule has 0 bridgehead atoms. The van der Waals surface area contributed by atoms with Crippen molar-refractivity contribution in [2.24, 2.45) is 0 Å². The highest BCUT2D eigenvalue weighted by Crippen LogP contribution is 2.40. The Morgan fingerprint density at radius 2 is 1.74 bits per heavy atom. The fraction of sp³-hybridized carbons (Fsp3) is 0.217. The number of ether oxygens (including phenoxy) is 2. The number of nitrogens with zero attached hydrogens (tertiary/aromatic N) is 2. The zero-order valence-electron chi connectivity index (χ0n) is 19.7. The van der Waals surface area contributed by atoms with E-state index in [1.165, 1.54) is 48.1 Å². The summed E-state index contributed by atoms with van der Waals surface area (Å²) in [5.74, 6) is -1.64. The Bertz CT molecular complexity index is 1640. The fourth-order valence-corrected chi connectivity index (χ4v) is 5.00. The van der Waals surface area contributed by atoms with E-state index in [0.29, 0.717) is 0 Å². The molecule has 0 spiro atoms.